The van der Waals surface area contributed by atoms with Gasteiger partial charge < -0.3 is 9.88 Å². The molecule has 130 valence electrons. The summed E-state index contributed by atoms with van der Waals surface area (Å²) in [5, 5.41) is 2.71. The fourth-order valence-corrected chi connectivity index (χ4v) is 3.17. The molecular formula is C19H21N3O3. The molecule has 0 unspecified atom stereocenters. The number of aryl methyl sites for hydroxylation is 1. The predicted molar refractivity (Wildman–Crippen MR) is 93.3 cm³/mol. The Morgan fingerprint density at radius 2 is 1.80 bits per heavy atom. The fourth-order valence-electron chi connectivity index (χ4n) is 3.17. The van der Waals surface area contributed by atoms with Crippen molar-refractivity contribution in [1.82, 2.24) is 14.8 Å². The second-order valence-electron chi connectivity index (χ2n) is 6.58. The molecule has 1 aliphatic rings. The fraction of sp³-hybridized carbons (Fsp3) is 0.316. The minimum Gasteiger partial charge on any atom is -0.351 e. The second-order valence-corrected chi connectivity index (χ2v) is 6.58. The van der Waals surface area contributed by atoms with E-state index < -0.39 is 17.5 Å². The van der Waals surface area contributed by atoms with Crippen LogP contribution in [0, 0.1) is 13.8 Å². The molecule has 1 fully saturated rings. The third-order valence-corrected chi connectivity index (χ3v) is 5.00. The summed E-state index contributed by atoms with van der Waals surface area (Å²) in [6.45, 7) is 5.15. The van der Waals surface area contributed by atoms with E-state index in [9.17, 15) is 14.4 Å². The first-order valence-electron chi connectivity index (χ1n) is 8.11. The lowest BCUT2D eigenvalue weighted by atomic mass is 9.92. The number of Topliss-reactive ketones (excluding diaryl/α,β-unsaturated/α-hetero) is 1. The highest BCUT2D eigenvalue weighted by molar-refractivity contribution is 6.11. The molecule has 1 atom stereocenters. The lowest BCUT2D eigenvalue weighted by Crippen LogP contribution is -2.41. The van der Waals surface area contributed by atoms with Crippen LogP contribution in [0.5, 0.6) is 0 Å². The summed E-state index contributed by atoms with van der Waals surface area (Å²) in [4.78, 5) is 38.8. The molecule has 0 spiro atoms. The molecule has 25 heavy (non-hydrogen) atoms. The smallest absolute Gasteiger partial charge is 0.325 e. The van der Waals surface area contributed by atoms with E-state index in [2.05, 4.69) is 5.32 Å². The van der Waals surface area contributed by atoms with Crippen LogP contribution in [0.25, 0.3) is 0 Å². The summed E-state index contributed by atoms with van der Waals surface area (Å²) in [6.07, 6.45) is 0. The molecule has 6 heteroatoms. The quantitative estimate of drug-likeness (QED) is 0.686. The first-order chi connectivity index (χ1) is 11.8. The lowest BCUT2D eigenvalue weighted by molar-refractivity contribution is -0.130. The number of nitrogens with zero attached hydrogens (tertiary/aromatic N) is 2. The second kappa shape index (κ2) is 5.88. The monoisotopic (exact) mass is 339 g/mol. The van der Waals surface area contributed by atoms with E-state index in [0.29, 0.717) is 11.1 Å². The van der Waals surface area contributed by atoms with Crippen molar-refractivity contribution in [2.24, 2.45) is 7.05 Å². The maximum absolute atomic E-state index is 12.8. The number of amides is 3. The van der Waals surface area contributed by atoms with E-state index >= 15 is 0 Å². The molecule has 2 heterocycles. The van der Waals surface area contributed by atoms with Gasteiger partial charge >= 0.3 is 6.03 Å². The van der Waals surface area contributed by atoms with Crippen molar-refractivity contribution >= 4 is 17.7 Å². The number of nitrogens with one attached hydrogen (secondary N) is 1. The van der Waals surface area contributed by atoms with E-state index in [1.54, 1.807) is 25.1 Å². The summed E-state index contributed by atoms with van der Waals surface area (Å²) in [5.74, 6) is -0.663. The zero-order valence-electron chi connectivity index (χ0n) is 14.8. The van der Waals surface area contributed by atoms with Crippen molar-refractivity contribution in [2.45, 2.75) is 26.3 Å². The first-order valence-corrected chi connectivity index (χ1v) is 8.11. The van der Waals surface area contributed by atoms with Crippen LogP contribution >= 0.6 is 0 Å². The van der Waals surface area contributed by atoms with E-state index in [-0.39, 0.29) is 12.3 Å². The Morgan fingerprint density at radius 3 is 2.36 bits per heavy atom. The molecule has 0 aliphatic carbocycles. The number of rotatable bonds is 4. The number of carbonyl (C=O) groups excluding carboxylic acids is 3. The van der Waals surface area contributed by atoms with Gasteiger partial charge in [0.1, 0.15) is 5.54 Å². The highest BCUT2D eigenvalue weighted by atomic mass is 16.2. The predicted octanol–water partition coefficient (Wildman–Crippen LogP) is 2.29. The van der Waals surface area contributed by atoms with Crippen LogP contribution in [0.15, 0.2) is 36.4 Å². The average Bonchev–Trinajstić information content (AvgIpc) is 2.98. The van der Waals surface area contributed by atoms with Gasteiger partial charge in [-0.25, -0.2) is 4.79 Å². The highest BCUT2D eigenvalue weighted by Crippen LogP contribution is 2.29. The molecule has 6 nitrogen and oxygen atoms in total. The van der Waals surface area contributed by atoms with Crippen LogP contribution in [0.1, 0.15) is 34.2 Å². The molecule has 0 radical (unpaired) electrons. The van der Waals surface area contributed by atoms with Gasteiger partial charge in [0.05, 0.1) is 6.54 Å². The Bertz CT molecular complexity index is 870. The number of aromatic nitrogens is 1. The largest absolute Gasteiger partial charge is 0.351 e. The van der Waals surface area contributed by atoms with Gasteiger partial charge in [-0.05, 0) is 32.4 Å². The van der Waals surface area contributed by atoms with Gasteiger partial charge in [0.25, 0.3) is 5.91 Å². The van der Waals surface area contributed by atoms with Gasteiger partial charge in [-0.15, -0.1) is 0 Å². The summed E-state index contributed by atoms with van der Waals surface area (Å²) < 4.78 is 1.91. The van der Waals surface area contributed by atoms with Gasteiger partial charge in [-0.1, -0.05) is 30.3 Å². The number of benzene rings is 1. The topological polar surface area (TPSA) is 71.4 Å². The summed E-state index contributed by atoms with van der Waals surface area (Å²) >= 11 is 0. The SMILES string of the molecule is Cc1cc(C(=O)CN2C(=O)N[C@](C)(c3ccccc3)C2=O)c(C)n1C. The van der Waals surface area contributed by atoms with E-state index in [1.807, 2.05) is 43.7 Å². The van der Waals surface area contributed by atoms with Gasteiger partial charge in [-0.2, -0.15) is 0 Å². The number of ketones is 1. The van der Waals surface area contributed by atoms with E-state index in [1.165, 1.54) is 0 Å². The normalized spacial score (nSPS) is 20.1. The molecule has 1 aliphatic heterocycles. The van der Waals surface area contributed by atoms with Crippen molar-refractivity contribution in [3.05, 3.63) is 58.9 Å². The molecule has 1 saturated heterocycles. The van der Waals surface area contributed by atoms with Crippen molar-refractivity contribution in [2.75, 3.05) is 6.54 Å². The summed E-state index contributed by atoms with van der Waals surface area (Å²) in [6, 6.07) is 10.3. The van der Waals surface area contributed by atoms with Crippen LogP contribution in [0.4, 0.5) is 4.79 Å². The molecule has 3 rings (SSSR count). The van der Waals surface area contributed by atoms with Gasteiger partial charge in [0.15, 0.2) is 5.78 Å². The molecule has 1 aromatic heterocycles. The Hall–Kier alpha value is -2.89. The molecule has 2 aromatic rings. The zero-order chi connectivity index (χ0) is 18.4. The summed E-state index contributed by atoms with van der Waals surface area (Å²) in [7, 11) is 1.88. The van der Waals surface area contributed by atoms with Crippen molar-refractivity contribution in [3.8, 4) is 0 Å². The van der Waals surface area contributed by atoms with E-state index in [0.717, 1.165) is 16.3 Å². The minimum absolute atomic E-state index is 0.248. The minimum atomic E-state index is -1.15. The molecule has 0 bridgehead atoms. The maximum Gasteiger partial charge on any atom is 0.325 e. The van der Waals surface area contributed by atoms with Gasteiger partial charge in [-0.3, -0.25) is 14.5 Å². The third kappa shape index (κ3) is 2.63. The van der Waals surface area contributed by atoms with Gasteiger partial charge in [0.2, 0.25) is 0 Å². The Kier molecular flexibility index (Phi) is 3.99. The van der Waals surface area contributed by atoms with Crippen molar-refractivity contribution in [1.29, 1.82) is 0 Å². The Balaban J connectivity index is 1.86. The molecule has 3 amide bonds. The first kappa shape index (κ1) is 17.0. The van der Waals surface area contributed by atoms with Crippen LogP contribution in [0.2, 0.25) is 0 Å². The maximum atomic E-state index is 12.8. The highest BCUT2D eigenvalue weighted by Gasteiger charge is 2.49. The standard InChI is InChI=1S/C19H21N3O3/c1-12-10-15(13(2)21(12)4)16(23)11-22-17(24)19(3,20-18(22)25)14-8-6-5-7-9-14/h5-10H,11H2,1-4H3,(H,20,25)/t19-/m1/s1. The average molecular weight is 339 g/mol. The van der Waals surface area contributed by atoms with Crippen LogP contribution in [-0.4, -0.2) is 33.7 Å². The van der Waals surface area contributed by atoms with Crippen LogP contribution in [0.3, 0.4) is 0 Å². The van der Waals surface area contributed by atoms with Crippen LogP contribution < -0.4 is 5.32 Å². The molecule has 1 aromatic carbocycles. The van der Waals surface area contributed by atoms with Crippen LogP contribution in [-0.2, 0) is 17.4 Å². The molecule has 1 N–H and O–H groups in total. The number of urea groups is 1. The number of carbonyl (C=O) groups is 3. The van der Waals surface area contributed by atoms with Crippen molar-refractivity contribution in [3.63, 3.8) is 0 Å². The lowest BCUT2D eigenvalue weighted by Gasteiger charge is -2.22. The van der Waals surface area contributed by atoms with E-state index in [4.69, 9.17) is 0 Å². The Morgan fingerprint density at radius 1 is 1.16 bits per heavy atom. The molecule has 0 saturated carbocycles. The number of imide groups is 1. The third-order valence-electron chi connectivity index (χ3n) is 5.00. The van der Waals surface area contributed by atoms with Crippen molar-refractivity contribution < 1.29 is 14.4 Å². The zero-order valence-corrected chi connectivity index (χ0v) is 14.8. The van der Waals surface area contributed by atoms with Gasteiger partial charge in [0, 0.05) is 24.0 Å². The summed E-state index contributed by atoms with van der Waals surface area (Å²) in [5.41, 5.74) is 1.84. The Labute approximate surface area is 146 Å². The number of hydrogen-bond donors (Lipinski definition) is 1. The number of hydrogen-bond acceptors (Lipinski definition) is 3. The molecular weight excluding hydrogens is 318 g/mol.